The number of nitrogens with zero attached hydrogens (tertiary/aromatic N) is 6. The van der Waals surface area contributed by atoms with E-state index in [1.165, 1.54) is 12.8 Å². The number of aromatic nitrogens is 6. The van der Waals surface area contributed by atoms with Crippen LogP contribution < -0.4 is 9.47 Å². The van der Waals surface area contributed by atoms with Crippen molar-refractivity contribution in [2.75, 3.05) is 6.61 Å². The summed E-state index contributed by atoms with van der Waals surface area (Å²) in [5, 5.41) is 17.9. The SMILES string of the molecule is Cc1nc(-c2nnn(C)c2Cc2ccnc(OCC3CC3)n2)ccc1O[C@H]1CCC[C@H](C(=O)O)C1. The molecule has 3 heterocycles. The van der Waals surface area contributed by atoms with Crippen molar-refractivity contribution in [3.8, 4) is 23.1 Å². The summed E-state index contributed by atoms with van der Waals surface area (Å²) in [6.45, 7) is 2.55. The van der Waals surface area contributed by atoms with Crippen LogP contribution in [0, 0.1) is 18.8 Å². The minimum atomic E-state index is -0.746. The molecule has 35 heavy (non-hydrogen) atoms. The largest absolute Gasteiger partial charge is 0.489 e. The monoisotopic (exact) mass is 478 g/mol. The van der Waals surface area contributed by atoms with Crippen molar-refractivity contribution in [1.82, 2.24) is 29.9 Å². The van der Waals surface area contributed by atoms with E-state index in [1.807, 2.05) is 32.2 Å². The van der Waals surface area contributed by atoms with Crippen molar-refractivity contribution in [3.05, 3.63) is 41.5 Å². The summed E-state index contributed by atoms with van der Waals surface area (Å²) in [7, 11) is 1.85. The Balaban J connectivity index is 1.31. The maximum absolute atomic E-state index is 11.4. The number of aliphatic carboxylic acids is 1. The smallest absolute Gasteiger partial charge is 0.316 e. The van der Waals surface area contributed by atoms with Gasteiger partial charge in [0, 0.05) is 19.7 Å². The van der Waals surface area contributed by atoms with Crippen LogP contribution in [0.5, 0.6) is 11.8 Å². The van der Waals surface area contributed by atoms with E-state index in [9.17, 15) is 9.90 Å². The van der Waals surface area contributed by atoms with E-state index >= 15 is 0 Å². The van der Waals surface area contributed by atoms with Crippen molar-refractivity contribution >= 4 is 5.97 Å². The zero-order valence-electron chi connectivity index (χ0n) is 20.1. The van der Waals surface area contributed by atoms with Crippen LogP contribution in [-0.2, 0) is 18.3 Å². The van der Waals surface area contributed by atoms with Crippen LogP contribution in [0.15, 0.2) is 24.4 Å². The molecule has 10 heteroatoms. The molecule has 3 aromatic heterocycles. The number of hydrogen-bond acceptors (Lipinski definition) is 8. The lowest BCUT2D eigenvalue weighted by molar-refractivity contribution is -0.143. The molecule has 2 saturated carbocycles. The standard InChI is InChI=1S/C25H30N6O4/c1-15-22(35-19-5-3-4-17(12-19)24(32)33)9-8-20(27-15)23-21(31(2)30-29-23)13-18-10-11-26-25(28-18)34-14-16-6-7-16/h8-11,16-17,19H,3-7,12-14H2,1-2H3,(H,32,33)/t17-,19-/m0/s1. The lowest BCUT2D eigenvalue weighted by atomic mass is 9.87. The Labute approximate surface area is 203 Å². The zero-order chi connectivity index (χ0) is 24.4. The van der Waals surface area contributed by atoms with Crippen LogP contribution in [-0.4, -0.2) is 53.7 Å². The van der Waals surface area contributed by atoms with Gasteiger partial charge in [-0.1, -0.05) is 5.21 Å². The number of aryl methyl sites for hydroxylation is 2. The fourth-order valence-corrected chi connectivity index (χ4v) is 4.43. The molecule has 0 spiro atoms. The maximum Gasteiger partial charge on any atom is 0.316 e. The first kappa shape index (κ1) is 23.2. The highest BCUT2D eigenvalue weighted by Crippen LogP contribution is 2.31. The van der Waals surface area contributed by atoms with Crippen molar-refractivity contribution < 1.29 is 19.4 Å². The van der Waals surface area contributed by atoms with Crippen LogP contribution in [0.4, 0.5) is 0 Å². The number of carboxylic acids is 1. The molecule has 0 aliphatic heterocycles. The quantitative estimate of drug-likeness (QED) is 0.492. The Morgan fingerprint density at radius 1 is 1.17 bits per heavy atom. The van der Waals surface area contributed by atoms with Crippen LogP contribution >= 0.6 is 0 Å². The Morgan fingerprint density at radius 3 is 2.80 bits per heavy atom. The molecule has 0 amide bonds. The van der Waals surface area contributed by atoms with Crippen molar-refractivity contribution in [2.24, 2.45) is 18.9 Å². The van der Waals surface area contributed by atoms with E-state index in [-0.39, 0.29) is 12.0 Å². The minimum absolute atomic E-state index is 0.114. The lowest BCUT2D eigenvalue weighted by Crippen LogP contribution is -2.29. The van der Waals surface area contributed by atoms with Crippen molar-refractivity contribution in [2.45, 2.75) is 58.0 Å². The highest BCUT2D eigenvalue weighted by molar-refractivity contribution is 5.70. The highest BCUT2D eigenvalue weighted by atomic mass is 16.5. The number of carbonyl (C=O) groups is 1. The van der Waals surface area contributed by atoms with E-state index in [4.69, 9.17) is 14.5 Å². The Hall–Kier alpha value is -3.56. The van der Waals surface area contributed by atoms with Gasteiger partial charge in [0.15, 0.2) is 0 Å². The third-order valence-corrected chi connectivity index (χ3v) is 6.68. The predicted molar refractivity (Wildman–Crippen MR) is 126 cm³/mol. The summed E-state index contributed by atoms with van der Waals surface area (Å²) in [5.74, 6) is 0.213. The summed E-state index contributed by atoms with van der Waals surface area (Å²) >= 11 is 0. The number of rotatable bonds is 9. The van der Waals surface area contributed by atoms with Crippen LogP contribution in [0.1, 0.15) is 55.6 Å². The van der Waals surface area contributed by atoms with Crippen molar-refractivity contribution in [3.63, 3.8) is 0 Å². The lowest BCUT2D eigenvalue weighted by Gasteiger charge is -2.27. The molecule has 2 fully saturated rings. The van der Waals surface area contributed by atoms with Crippen LogP contribution in [0.25, 0.3) is 11.4 Å². The third kappa shape index (κ3) is 5.58. The molecule has 0 unspecified atom stereocenters. The first-order valence-electron chi connectivity index (χ1n) is 12.2. The normalized spacial score (nSPS) is 19.9. The van der Waals surface area contributed by atoms with Gasteiger partial charge in [-0.3, -0.25) is 9.48 Å². The van der Waals surface area contributed by atoms with Crippen LogP contribution in [0.2, 0.25) is 0 Å². The molecule has 0 aromatic carbocycles. The van der Waals surface area contributed by atoms with Gasteiger partial charge in [0.25, 0.3) is 0 Å². The summed E-state index contributed by atoms with van der Waals surface area (Å²) in [6.07, 6.45) is 7.47. The predicted octanol–water partition coefficient (Wildman–Crippen LogP) is 3.38. The Kier molecular flexibility index (Phi) is 6.61. The van der Waals surface area contributed by atoms with Crippen molar-refractivity contribution in [1.29, 1.82) is 0 Å². The fourth-order valence-electron chi connectivity index (χ4n) is 4.43. The molecule has 2 atom stereocenters. The average molecular weight is 479 g/mol. The van der Waals surface area contributed by atoms with Gasteiger partial charge in [-0.25, -0.2) is 9.97 Å². The highest BCUT2D eigenvalue weighted by Gasteiger charge is 2.28. The third-order valence-electron chi connectivity index (χ3n) is 6.68. The van der Waals surface area contributed by atoms with Gasteiger partial charge in [-0.15, -0.1) is 5.10 Å². The summed E-state index contributed by atoms with van der Waals surface area (Å²) in [4.78, 5) is 24.9. The second-order valence-electron chi connectivity index (χ2n) is 9.49. The zero-order valence-corrected chi connectivity index (χ0v) is 20.1. The molecule has 2 aliphatic carbocycles. The Bertz CT molecular complexity index is 1210. The molecular weight excluding hydrogens is 448 g/mol. The number of ether oxygens (including phenoxy) is 2. The molecule has 184 valence electrons. The number of hydrogen-bond donors (Lipinski definition) is 1. The first-order chi connectivity index (χ1) is 17.0. The molecule has 0 bridgehead atoms. The summed E-state index contributed by atoms with van der Waals surface area (Å²) in [6, 6.07) is 6.02. The second-order valence-corrected chi connectivity index (χ2v) is 9.49. The molecule has 5 rings (SSSR count). The minimum Gasteiger partial charge on any atom is -0.489 e. The molecule has 0 radical (unpaired) electrons. The summed E-state index contributed by atoms with van der Waals surface area (Å²) in [5.41, 5.74) is 3.82. The molecule has 2 aliphatic rings. The van der Waals surface area contributed by atoms with Gasteiger partial charge >= 0.3 is 12.0 Å². The second kappa shape index (κ2) is 9.97. The number of pyridine rings is 1. The topological polar surface area (TPSA) is 125 Å². The molecule has 10 nitrogen and oxygen atoms in total. The van der Waals surface area contributed by atoms with Gasteiger partial charge < -0.3 is 14.6 Å². The van der Waals surface area contributed by atoms with E-state index < -0.39 is 5.97 Å². The molecular formula is C25H30N6O4. The maximum atomic E-state index is 11.4. The number of carboxylic acid groups (broad SMARTS) is 1. The molecule has 0 saturated heterocycles. The van der Waals surface area contributed by atoms with Gasteiger partial charge in [0.1, 0.15) is 11.4 Å². The van der Waals surface area contributed by atoms with Crippen LogP contribution in [0.3, 0.4) is 0 Å². The molecule has 3 aromatic rings. The summed E-state index contributed by atoms with van der Waals surface area (Å²) < 4.78 is 13.6. The molecule has 1 N–H and O–H groups in total. The van der Waals surface area contributed by atoms with Gasteiger partial charge in [0.2, 0.25) is 0 Å². The van der Waals surface area contributed by atoms with E-state index in [2.05, 4.69) is 20.3 Å². The Morgan fingerprint density at radius 2 is 2.03 bits per heavy atom. The first-order valence-corrected chi connectivity index (χ1v) is 12.2. The van der Waals surface area contributed by atoms with Gasteiger partial charge in [-0.2, -0.15) is 4.98 Å². The van der Waals surface area contributed by atoms with E-state index in [0.717, 1.165) is 29.9 Å². The van der Waals surface area contributed by atoms with Gasteiger partial charge in [-0.05, 0) is 69.6 Å². The average Bonchev–Trinajstić information content (AvgIpc) is 3.62. The van der Waals surface area contributed by atoms with E-state index in [0.29, 0.717) is 54.9 Å². The van der Waals surface area contributed by atoms with Gasteiger partial charge in [0.05, 0.1) is 41.4 Å². The fraction of sp³-hybridized carbons (Fsp3) is 0.520. The van der Waals surface area contributed by atoms with E-state index in [1.54, 1.807) is 10.9 Å².